The molecule has 1 rings (SSSR count). The molecule has 5 heteroatoms. The van der Waals surface area contributed by atoms with Gasteiger partial charge in [0.1, 0.15) is 18.1 Å². The van der Waals surface area contributed by atoms with E-state index in [1.807, 2.05) is 12.1 Å². The average molecular weight is 367 g/mol. The van der Waals surface area contributed by atoms with Gasteiger partial charge < -0.3 is 14.8 Å². The Kier molecular flexibility index (Phi) is 6.92. The molecule has 1 aromatic rings. The number of methoxy groups -OCH3 is 1. The maximum atomic E-state index is 5.67. The molecule has 0 aliphatic carbocycles. The highest BCUT2D eigenvalue weighted by molar-refractivity contribution is 9.11. The molecule has 0 fully saturated rings. The van der Waals surface area contributed by atoms with Gasteiger partial charge in [-0.25, -0.2) is 0 Å². The summed E-state index contributed by atoms with van der Waals surface area (Å²) in [6.45, 7) is 4.67. The lowest BCUT2D eigenvalue weighted by Gasteiger charge is -2.11. The van der Waals surface area contributed by atoms with E-state index in [4.69, 9.17) is 9.47 Å². The summed E-state index contributed by atoms with van der Waals surface area (Å²) >= 11 is 6.89. The van der Waals surface area contributed by atoms with Crippen molar-refractivity contribution in [1.29, 1.82) is 0 Å². The van der Waals surface area contributed by atoms with Gasteiger partial charge in [-0.15, -0.1) is 0 Å². The second kappa shape index (κ2) is 7.95. The summed E-state index contributed by atoms with van der Waals surface area (Å²) in [5.41, 5.74) is 0. The van der Waals surface area contributed by atoms with Crippen LogP contribution in [-0.4, -0.2) is 26.8 Å². The lowest BCUT2D eigenvalue weighted by atomic mass is 10.3. The predicted molar refractivity (Wildman–Crippen MR) is 77.0 cm³/mol. The van der Waals surface area contributed by atoms with Crippen LogP contribution in [0.3, 0.4) is 0 Å². The molecule has 0 aromatic heterocycles. The summed E-state index contributed by atoms with van der Waals surface area (Å²) in [6, 6.07) is 3.79. The molecule has 17 heavy (non-hydrogen) atoms. The standard InChI is InChI=1S/C12H17Br2NO2/c1-3-4-15-5-6-17-12-8-9(13)11(16-2)7-10(12)14/h7-8,15H,3-6H2,1-2H3. The fourth-order valence-electron chi connectivity index (χ4n) is 1.31. The van der Waals surface area contributed by atoms with Crippen LogP contribution in [0.4, 0.5) is 0 Å². The minimum Gasteiger partial charge on any atom is -0.496 e. The maximum absolute atomic E-state index is 5.67. The van der Waals surface area contributed by atoms with Crippen LogP contribution >= 0.6 is 31.9 Å². The highest BCUT2D eigenvalue weighted by Crippen LogP contribution is 2.35. The summed E-state index contributed by atoms with van der Waals surface area (Å²) in [5.74, 6) is 1.60. The van der Waals surface area contributed by atoms with Gasteiger partial charge in [-0.1, -0.05) is 6.92 Å². The van der Waals surface area contributed by atoms with Crippen LogP contribution in [0.25, 0.3) is 0 Å². The van der Waals surface area contributed by atoms with E-state index in [9.17, 15) is 0 Å². The zero-order valence-corrected chi connectivity index (χ0v) is 13.2. The molecule has 0 saturated carbocycles. The average Bonchev–Trinajstić information content (AvgIpc) is 2.32. The number of hydrogen-bond donors (Lipinski definition) is 1. The van der Waals surface area contributed by atoms with Crippen LogP contribution < -0.4 is 14.8 Å². The van der Waals surface area contributed by atoms with Crippen molar-refractivity contribution < 1.29 is 9.47 Å². The fourth-order valence-corrected chi connectivity index (χ4v) is 2.23. The molecule has 3 nitrogen and oxygen atoms in total. The van der Waals surface area contributed by atoms with Gasteiger partial charge in [0.2, 0.25) is 0 Å². The van der Waals surface area contributed by atoms with E-state index in [1.54, 1.807) is 7.11 Å². The van der Waals surface area contributed by atoms with E-state index in [-0.39, 0.29) is 0 Å². The van der Waals surface area contributed by atoms with Crippen molar-refractivity contribution in [3.8, 4) is 11.5 Å². The maximum Gasteiger partial charge on any atom is 0.134 e. The third-order valence-electron chi connectivity index (χ3n) is 2.17. The van der Waals surface area contributed by atoms with Crippen molar-refractivity contribution >= 4 is 31.9 Å². The van der Waals surface area contributed by atoms with E-state index in [1.165, 1.54) is 0 Å². The molecule has 0 spiro atoms. The third-order valence-corrected chi connectivity index (χ3v) is 3.41. The molecule has 0 radical (unpaired) electrons. The number of halogens is 2. The molecule has 0 saturated heterocycles. The molecular formula is C12H17Br2NO2. The van der Waals surface area contributed by atoms with Gasteiger partial charge in [-0.3, -0.25) is 0 Å². The second-order valence-corrected chi connectivity index (χ2v) is 5.22. The Bertz CT molecular complexity index is 359. The Hall–Kier alpha value is -0.260. The van der Waals surface area contributed by atoms with Gasteiger partial charge in [0.15, 0.2) is 0 Å². The molecule has 0 bridgehead atoms. The van der Waals surface area contributed by atoms with E-state index in [0.717, 1.165) is 40.0 Å². The summed E-state index contributed by atoms with van der Waals surface area (Å²) in [6.07, 6.45) is 1.14. The monoisotopic (exact) mass is 365 g/mol. The van der Waals surface area contributed by atoms with Gasteiger partial charge in [0, 0.05) is 6.54 Å². The lowest BCUT2D eigenvalue weighted by Crippen LogP contribution is -2.21. The van der Waals surface area contributed by atoms with Crippen LogP contribution in [0.2, 0.25) is 0 Å². The molecule has 1 aromatic carbocycles. The first-order valence-corrected chi connectivity index (χ1v) is 7.14. The van der Waals surface area contributed by atoms with E-state index >= 15 is 0 Å². The van der Waals surface area contributed by atoms with Crippen LogP contribution in [0.15, 0.2) is 21.1 Å². The number of rotatable bonds is 7. The third kappa shape index (κ3) is 4.85. The lowest BCUT2D eigenvalue weighted by molar-refractivity contribution is 0.311. The van der Waals surface area contributed by atoms with Crippen LogP contribution in [0.1, 0.15) is 13.3 Å². The van der Waals surface area contributed by atoms with Crippen molar-refractivity contribution in [3.05, 3.63) is 21.1 Å². The molecule has 0 amide bonds. The second-order valence-electron chi connectivity index (χ2n) is 3.52. The van der Waals surface area contributed by atoms with Crippen LogP contribution in [-0.2, 0) is 0 Å². The summed E-state index contributed by atoms with van der Waals surface area (Å²) < 4.78 is 12.6. The molecule has 0 atom stereocenters. The number of nitrogens with one attached hydrogen (secondary N) is 1. The fraction of sp³-hybridized carbons (Fsp3) is 0.500. The van der Waals surface area contributed by atoms with Crippen LogP contribution in [0.5, 0.6) is 11.5 Å². The van der Waals surface area contributed by atoms with Crippen molar-refractivity contribution in [3.63, 3.8) is 0 Å². The quantitative estimate of drug-likeness (QED) is 0.748. The number of benzene rings is 1. The topological polar surface area (TPSA) is 30.5 Å². The smallest absolute Gasteiger partial charge is 0.134 e. The van der Waals surface area contributed by atoms with E-state index in [2.05, 4.69) is 44.1 Å². The van der Waals surface area contributed by atoms with Gasteiger partial charge in [0.05, 0.1) is 16.1 Å². The minimum absolute atomic E-state index is 0.650. The molecule has 0 aliphatic rings. The van der Waals surface area contributed by atoms with Crippen molar-refractivity contribution in [2.24, 2.45) is 0 Å². The zero-order valence-electron chi connectivity index (χ0n) is 10.1. The Morgan fingerprint density at radius 3 is 2.41 bits per heavy atom. The Morgan fingerprint density at radius 2 is 1.76 bits per heavy atom. The zero-order chi connectivity index (χ0) is 12.7. The predicted octanol–water partition coefficient (Wildman–Crippen LogP) is 3.60. The number of hydrogen-bond acceptors (Lipinski definition) is 3. The highest BCUT2D eigenvalue weighted by Gasteiger charge is 2.07. The molecule has 0 aliphatic heterocycles. The van der Waals surface area contributed by atoms with Gasteiger partial charge in [0.25, 0.3) is 0 Å². The Balaban J connectivity index is 2.51. The van der Waals surface area contributed by atoms with E-state index < -0.39 is 0 Å². The highest BCUT2D eigenvalue weighted by atomic mass is 79.9. The first kappa shape index (κ1) is 14.8. The Labute approximate surface area is 119 Å². The van der Waals surface area contributed by atoms with Gasteiger partial charge in [-0.2, -0.15) is 0 Å². The largest absolute Gasteiger partial charge is 0.496 e. The SMILES string of the molecule is CCCNCCOc1cc(Br)c(OC)cc1Br. The van der Waals surface area contributed by atoms with Crippen molar-refractivity contribution in [1.82, 2.24) is 5.32 Å². The molecular weight excluding hydrogens is 350 g/mol. The normalized spacial score (nSPS) is 10.4. The number of ether oxygens (including phenoxy) is 2. The molecule has 0 unspecified atom stereocenters. The summed E-state index contributed by atoms with van der Waals surface area (Å²) in [4.78, 5) is 0. The minimum atomic E-state index is 0.650. The van der Waals surface area contributed by atoms with E-state index in [0.29, 0.717) is 6.61 Å². The molecule has 1 N–H and O–H groups in total. The summed E-state index contributed by atoms with van der Waals surface area (Å²) in [5, 5.41) is 3.29. The van der Waals surface area contributed by atoms with Gasteiger partial charge >= 0.3 is 0 Å². The Morgan fingerprint density at radius 1 is 1.12 bits per heavy atom. The van der Waals surface area contributed by atoms with Crippen LogP contribution in [0, 0.1) is 0 Å². The van der Waals surface area contributed by atoms with Crippen molar-refractivity contribution in [2.75, 3.05) is 26.8 Å². The first-order chi connectivity index (χ1) is 8.19. The summed E-state index contributed by atoms with van der Waals surface area (Å²) in [7, 11) is 1.64. The molecule has 0 heterocycles. The molecule has 96 valence electrons. The first-order valence-electron chi connectivity index (χ1n) is 5.55. The van der Waals surface area contributed by atoms with Gasteiger partial charge in [-0.05, 0) is 57.0 Å². The van der Waals surface area contributed by atoms with Crippen molar-refractivity contribution in [2.45, 2.75) is 13.3 Å².